The standard InChI is InChI=1S/C19H18ClN3O2/c20-15-5-3-6-16(12-15)22-11-10-21(19(22)25)13-18(24)23-9-8-14-4-1-2-7-17(14)23/h1-7,12H,8-11,13H2. The van der Waals surface area contributed by atoms with Crippen LogP contribution in [0.25, 0.3) is 0 Å². The van der Waals surface area contributed by atoms with Gasteiger partial charge in [0.2, 0.25) is 5.91 Å². The molecule has 2 aromatic carbocycles. The lowest BCUT2D eigenvalue weighted by Crippen LogP contribution is -2.41. The molecule has 3 amide bonds. The van der Waals surface area contributed by atoms with Gasteiger partial charge in [0.25, 0.3) is 0 Å². The van der Waals surface area contributed by atoms with E-state index in [-0.39, 0.29) is 18.5 Å². The van der Waals surface area contributed by atoms with Crippen molar-refractivity contribution in [2.75, 3.05) is 36.0 Å². The summed E-state index contributed by atoms with van der Waals surface area (Å²) in [6.45, 7) is 1.87. The maximum atomic E-state index is 12.7. The van der Waals surface area contributed by atoms with Gasteiger partial charge in [0.1, 0.15) is 6.54 Å². The van der Waals surface area contributed by atoms with Crippen molar-refractivity contribution < 1.29 is 9.59 Å². The highest BCUT2D eigenvalue weighted by Crippen LogP contribution is 2.28. The first-order valence-corrected chi connectivity index (χ1v) is 8.71. The first-order valence-electron chi connectivity index (χ1n) is 8.34. The van der Waals surface area contributed by atoms with E-state index in [2.05, 4.69) is 0 Å². The van der Waals surface area contributed by atoms with Gasteiger partial charge in [-0.05, 0) is 36.2 Å². The van der Waals surface area contributed by atoms with E-state index in [0.29, 0.717) is 24.7 Å². The zero-order valence-corrected chi connectivity index (χ0v) is 14.4. The molecule has 0 saturated carbocycles. The Labute approximate surface area is 151 Å². The van der Waals surface area contributed by atoms with E-state index in [0.717, 1.165) is 17.8 Å². The molecule has 0 bridgehead atoms. The predicted molar refractivity (Wildman–Crippen MR) is 98.3 cm³/mol. The lowest BCUT2D eigenvalue weighted by atomic mass is 10.2. The van der Waals surface area contributed by atoms with Crippen LogP contribution in [0, 0.1) is 0 Å². The number of fused-ring (bicyclic) bond motifs is 1. The molecule has 5 nitrogen and oxygen atoms in total. The van der Waals surface area contributed by atoms with Crippen LogP contribution in [0.15, 0.2) is 48.5 Å². The number of rotatable bonds is 3. The van der Waals surface area contributed by atoms with Crippen LogP contribution in [-0.4, -0.2) is 43.0 Å². The third kappa shape index (κ3) is 2.96. The molecular formula is C19H18ClN3O2. The van der Waals surface area contributed by atoms with Gasteiger partial charge in [0, 0.05) is 36.0 Å². The Hall–Kier alpha value is -2.53. The van der Waals surface area contributed by atoms with Crippen LogP contribution in [0.4, 0.5) is 16.2 Å². The molecule has 1 saturated heterocycles. The van der Waals surface area contributed by atoms with Crippen molar-refractivity contribution in [2.45, 2.75) is 6.42 Å². The zero-order valence-electron chi connectivity index (χ0n) is 13.7. The summed E-state index contributed by atoms with van der Waals surface area (Å²) in [6, 6.07) is 15.0. The highest BCUT2D eigenvalue weighted by Gasteiger charge is 2.33. The Kier molecular flexibility index (Phi) is 4.09. The lowest BCUT2D eigenvalue weighted by Gasteiger charge is -2.22. The van der Waals surface area contributed by atoms with Crippen LogP contribution in [-0.2, 0) is 11.2 Å². The van der Waals surface area contributed by atoms with Gasteiger partial charge >= 0.3 is 6.03 Å². The van der Waals surface area contributed by atoms with Crippen LogP contribution in [0.3, 0.4) is 0 Å². The number of amides is 3. The molecule has 0 radical (unpaired) electrons. The fourth-order valence-corrected chi connectivity index (χ4v) is 3.64. The Balaban J connectivity index is 1.46. The van der Waals surface area contributed by atoms with Crippen LogP contribution in [0.2, 0.25) is 5.02 Å². The number of urea groups is 1. The van der Waals surface area contributed by atoms with E-state index < -0.39 is 0 Å². The minimum Gasteiger partial charge on any atom is -0.313 e. The van der Waals surface area contributed by atoms with Crippen molar-refractivity contribution in [1.29, 1.82) is 0 Å². The van der Waals surface area contributed by atoms with Crippen molar-refractivity contribution >= 4 is 34.9 Å². The van der Waals surface area contributed by atoms with Crippen LogP contribution >= 0.6 is 11.6 Å². The second-order valence-corrected chi connectivity index (χ2v) is 6.70. The van der Waals surface area contributed by atoms with E-state index in [1.54, 1.807) is 26.8 Å². The summed E-state index contributed by atoms with van der Waals surface area (Å²) in [6.07, 6.45) is 0.866. The number of nitrogens with zero attached hydrogens (tertiary/aromatic N) is 3. The smallest absolute Gasteiger partial charge is 0.313 e. The maximum absolute atomic E-state index is 12.7. The molecule has 2 aromatic rings. The topological polar surface area (TPSA) is 43.9 Å². The number of halogens is 1. The molecule has 0 atom stereocenters. The Morgan fingerprint density at radius 3 is 2.72 bits per heavy atom. The number of hydrogen-bond donors (Lipinski definition) is 0. The average molecular weight is 356 g/mol. The molecule has 0 N–H and O–H groups in total. The summed E-state index contributed by atoms with van der Waals surface area (Å²) >= 11 is 6.01. The molecule has 0 aromatic heterocycles. The molecular weight excluding hydrogens is 338 g/mol. The second-order valence-electron chi connectivity index (χ2n) is 6.26. The zero-order chi connectivity index (χ0) is 17.4. The molecule has 2 aliphatic rings. The van der Waals surface area contributed by atoms with E-state index >= 15 is 0 Å². The van der Waals surface area contributed by atoms with E-state index in [1.807, 2.05) is 36.4 Å². The van der Waals surface area contributed by atoms with Crippen molar-refractivity contribution in [3.63, 3.8) is 0 Å². The summed E-state index contributed by atoms with van der Waals surface area (Å²) < 4.78 is 0. The van der Waals surface area contributed by atoms with E-state index in [9.17, 15) is 9.59 Å². The second kappa shape index (κ2) is 6.41. The van der Waals surface area contributed by atoms with Gasteiger partial charge in [-0.15, -0.1) is 0 Å². The molecule has 0 spiro atoms. The van der Waals surface area contributed by atoms with Crippen molar-refractivity contribution in [2.24, 2.45) is 0 Å². The molecule has 0 aliphatic carbocycles. The van der Waals surface area contributed by atoms with Gasteiger partial charge in [0.05, 0.1) is 0 Å². The monoisotopic (exact) mass is 355 g/mol. The van der Waals surface area contributed by atoms with Gasteiger partial charge in [0.15, 0.2) is 0 Å². The minimum absolute atomic E-state index is 0.0359. The first-order chi connectivity index (χ1) is 12.1. The lowest BCUT2D eigenvalue weighted by molar-refractivity contribution is -0.118. The first kappa shape index (κ1) is 16.0. The normalized spacial score (nSPS) is 16.5. The van der Waals surface area contributed by atoms with Gasteiger partial charge < -0.3 is 9.80 Å². The van der Waals surface area contributed by atoms with Crippen LogP contribution < -0.4 is 9.80 Å². The van der Waals surface area contributed by atoms with Gasteiger partial charge in [-0.1, -0.05) is 35.9 Å². The van der Waals surface area contributed by atoms with E-state index in [4.69, 9.17) is 11.6 Å². The molecule has 128 valence electrons. The predicted octanol–water partition coefficient (Wildman–Crippen LogP) is 3.17. The molecule has 4 rings (SSSR count). The Morgan fingerprint density at radius 2 is 1.88 bits per heavy atom. The summed E-state index contributed by atoms with van der Waals surface area (Å²) in [4.78, 5) is 30.4. The van der Waals surface area contributed by atoms with Gasteiger partial charge in [-0.3, -0.25) is 9.69 Å². The van der Waals surface area contributed by atoms with Crippen molar-refractivity contribution in [1.82, 2.24) is 4.90 Å². The largest absolute Gasteiger partial charge is 0.325 e. The number of hydrogen-bond acceptors (Lipinski definition) is 2. The highest BCUT2D eigenvalue weighted by molar-refractivity contribution is 6.30. The maximum Gasteiger partial charge on any atom is 0.325 e. The quantitative estimate of drug-likeness (QED) is 0.848. The molecule has 2 aliphatic heterocycles. The van der Waals surface area contributed by atoms with Crippen LogP contribution in [0.1, 0.15) is 5.56 Å². The van der Waals surface area contributed by atoms with Gasteiger partial charge in [-0.2, -0.15) is 0 Å². The number of carbonyl (C=O) groups is 2. The summed E-state index contributed by atoms with van der Waals surface area (Å²) in [5.41, 5.74) is 2.91. The van der Waals surface area contributed by atoms with Crippen molar-refractivity contribution in [3.05, 3.63) is 59.1 Å². The average Bonchev–Trinajstić information content (AvgIpc) is 3.19. The number of benzene rings is 2. The van der Waals surface area contributed by atoms with Gasteiger partial charge in [-0.25, -0.2) is 4.79 Å². The molecule has 6 heteroatoms. The number of para-hydroxylation sites is 1. The molecule has 25 heavy (non-hydrogen) atoms. The number of carbonyl (C=O) groups excluding carboxylic acids is 2. The molecule has 0 unspecified atom stereocenters. The third-order valence-corrected chi connectivity index (χ3v) is 4.96. The summed E-state index contributed by atoms with van der Waals surface area (Å²) in [7, 11) is 0. The Bertz CT molecular complexity index is 839. The minimum atomic E-state index is -0.150. The van der Waals surface area contributed by atoms with Crippen molar-refractivity contribution in [3.8, 4) is 0 Å². The number of anilines is 2. The fourth-order valence-electron chi connectivity index (χ4n) is 3.46. The third-order valence-electron chi connectivity index (χ3n) is 4.73. The Morgan fingerprint density at radius 1 is 1.04 bits per heavy atom. The molecule has 1 fully saturated rings. The van der Waals surface area contributed by atoms with Crippen LogP contribution in [0.5, 0.6) is 0 Å². The summed E-state index contributed by atoms with van der Waals surface area (Å²) in [5.74, 6) is -0.0359. The summed E-state index contributed by atoms with van der Waals surface area (Å²) in [5, 5.41) is 0.591. The molecule has 2 heterocycles. The fraction of sp³-hybridized carbons (Fsp3) is 0.263. The highest BCUT2D eigenvalue weighted by atomic mass is 35.5. The SMILES string of the molecule is O=C1N(CC(=O)N2CCc3ccccc32)CCN1c1cccc(Cl)c1. The van der Waals surface area contributed by atoms with E-state index in [1.165, 1.54) is 5.56 Å².